The van der Waals surface area contributed by atoms with Gasteiger partial charge in [-0.1, -0.05) is 24.5 Å². The lowest BCUT2D eigenvalue weighted by Crippen LogP contribution is -2.51. The molecule has 0 aliphatic heterocycles. The molecule has 1 N–H and O–H groups in total. The zero-order valence-electron chi connectivity index (χ0n) is 20.2. The van der Waals surface area contributed by atoms with E-state index >= 15 is 0 Å². The molecule has 1 aromatic carbocycles. The van der Waals surface area contributed by atoms with Gasteiger partial charge in [-0.15, -0.1) is 5.92 Å². The van der Waals surface area contributed by atoms with E-state index in [1.54, 1.807) is 14.2 Å². The van der Waals surface area contributed by atoms with E-state index < -0.39 is 5.60 Å². The number of carbonyl (C=O) groups is 1. The van der Waals surface area contributed by atoms with Crippen molar-refractivity contribution in [3.8, 4) is 23.3 Å². The third kappa shape index (κ3) is 3.28. The number of carbonyl (C=O) groups excluding carboxylic acids is 1. The van der Waals surface area contributed by atoms with Crippen molar-refractivity contribution < 1.29 is 19.4 Å². The van der Waals surface area contributed by atoms with Gasteiger partial charge in [0, 0.05) is 17.8 Å². The highest BCUT2D eigenvalue weighted by Gasteiger charge is 2.62. The van der Waals surface area contributed by atoms with Crippen LogP contribution in [-0.2, 0) is 4.79 Å². The molecule has 5 rings (SSSR count). The van der Waals surface area contributed by atoms with Crippen LogP contribution in [0.5, 0.6) is 11.5 Å². The predicted octanol–water partition coefficient (Wildman–Crippen LogP) is 5.36. The highest BCUT2D eigenvalue weighted by molar-refractivity contribution is 5.93. The number of rotatable bonds is 3. The highest BCUT2D eigenvalue weighted by Crippen LogP contribution is 2.66. The van der Waals surface area contributed by atoms with Gasteiger partial charge in [0.1, 0.15) is 5.60 Å². The molecular weight excluding hydrogens is 412 g/mol. The molecule has 0 aromatic heterocycles. The van der Waals surface area contributed by atoms with Crippen LogP contribution in [0.1, 0.15) is 70.3 Å². The van der Waals surface area contributed by atoms with Gasteiger partial charge in [-0.2, -0.15) is 0 Å². The maximum Gasteiger partial charge on any atom is 0.161 e. The first-order chi connectivity index (χ1) is 15.8. The number of hydrogen-bond acceptors (Lipinski definition) is 4. The summed E-state index contributed by atoms with van der Waals surface area (Å²) in [6.45, 7) is 4.09. The van der Waals surface area contributed by atoms with Crippen molar-refractivity contribution in [3.05, 3.63) is 46.6 Å². The Morgan fingerprint density at radius 3 is 2.61 bits per heavy atom. The summed E-state index contributed by atoms with van der Waals surface area (Å²) in [5, 5.41) is 11.8. The molecule has 5 unspecified atom stereocenters. The smallest absolute Gasteiger partial charge is 0.161 e. The molecule has 0 spiro atoms. The molecule has 0 bridgehead atoms. The van der Waals surface area contributed by atoms with Gasteiger partial charge < -0.3 is 14.6 Å². The second-order valence-corrected chi connectivity index (χ2v) is 10.4. The number of methoxy groups -OCH3 is 2. The SMILES string of the molecule is CC#CC1(O)CCC2C3CCC4=CC(=O)CCC4=C3C(c3ccc(OC)c(OC)c3)CC21C. The van der Waals surface area contributed by atoms with Crippen LogP contribution in [-0.4, -0.2) is 30.7 Å². The molecule has 4 nitrogen and oxygen atoms in total. The largest absolute Gasteiger partial charge is 0.493 e. The molecule has 174 valence electrons. The molecular formula is C29H34O4. The average Bonchev–Trinajstić information content (AvgIpc) is 3.08. The summed E-state index contributed by atoms with van der Waals surface area (Å²) in [5.74, 6) is 8.92. The first kappa shape index (κ1) is 22.3. The van der Waals surface area contributed by atoms with Gasteiger partial charge in [0.2, 0.25) is 0 Å². The summed E-state index contributed by atoms with van der Waals surface area (Å²) >= 11 is 0. The van der Waals surface area contributed by atoms with E-state index in [0.717, 1.165) is 50.0 Å². The van der Waals surface area contributed by atoms with Gasteiger partial charge in [-0.05, 0) is 92.2 Å². The highest BCUT2D eigenvalue weighted by atomic mass is 16.5. The standard InChI is InChI=1S/C29H34O4/c1-5-13-29(31)14-12-24-22-9-6-18-15-20(30)8-10-21(18)27(22)23(17-28(24,29)2)19-7-11-25(32-3)26(16-19)33-4/h7,11,15-16,22-24,31H,6,8-10,12,14,17H2,1-4H3. The Kier molecular flexibility index (Phi) is 5.45. The normalized spacial score (nSPS) is 35.0. The molecule has 4 aliphatic rings. The number of ketones is 1. The number of hydrogen-bond donors (Lipinski definition) is 1. The van der Waals surface area contributed by atoms with Crippen molar-refractivity contribution >= 4 is 5.78 Å². The molecule has 33 heavy (non-hydrogen) atoms. The summed E-state index contributed by atoms with van der Waals surface area (Å²) < 4.78 is 11.1. The zero-order valence-corrected chi connectivity index (χ0v) is 20.2. The molecule has 0 radical (unpaired) electrons. The third-order valence-electron chi connectivity index (χ3n) is 9.03. The van der Waals surface area contributed by atoms with Crippen molar-refractivity contribution in [3.63, 3.8) is 0 Å². The summed E-state index contributed by atoms with van der Waals surface area (Å²) in [6.07, 6.45) is 7.90. The Morgan fingerprint density at radius 2 is 1.88 bits per heavy atom. The fourth-order valence-corrected chi connectivity index (χ4v) is 7.45. The minimum absolute atomic E-state index is 0.159. The van der Waals surface area contributed by atoms with Crippen molar-refractivity contribution in [1.82, 2.24) is 0 Å². The Hall–Kier alpha value is -2.51. The van der Waals surface area contributed by atoms with E-state index in [1.165, 1.54) is 22.3 Å². The third-order valence-corrected chi connectivity index (χ3v) is 9.03. The van der Waals surface area contributed by atoms with Gasteiger partial charge in [0.05, 0.1) is 14.2 Å². The van der Waals surface area contributed by atoms with Crippen LogP contribution < -0.4 is 9.47 Å². The lowest BCUT2D eigenvalue weighted by molar-refractivity contribution is -0.114. The average molecular weight is 447 g/mol. The predicted molar refractivity (Wildman–Crippen MR) is 128 cm³/mol. The Balaban J connectivity index is 1.70. The van der Waals surface area contributed by atoms with Crippen LogP contribution in [0.25, 0.3) is 0 Å². The summed E-state index contributed by atoms with van der Waals surface area (Å²) in [4.78, 5) is 12.2. The minimum Gasteiger partial charge on any atom is -0.493 e. The number of allylic oxidation sites excluding steroid dienone is 4. The number of fused-ring (bicyclic) bond motifs is 4. The van der Waals surface area contributed by atoms with E-state index in [-0.39, 0.29) is 17.1 Å². The molecule has 1 aromatic rings. The monoisotopic (exact) mass is 446 g/mol. The van der Waals surface area contributed by atoms with Gasteiger partial charge in [-0.25, -0.2) is 0 Å². The van der Waals surface area contributed by atoms with Crippen molar-refractivity contribution in [1.29, 1.82) is 0 Å². The fourth-order valence-electron chi connectivity index (χ4n) is 7.45. The van der Waals surface area contributed by atoms with E-state index in [4.69, 9.17) is 9.47 Å². The molecule has 2 saturated carbocycles. The second kappa shape index (κ2) is 8.06. The quantitative estimate of drug-likeness (QED) is 0.635. The van der Waals surface area contributed by atoms with Crippen molar-refractivity contribution in [2.24, 2.45) is 17.3 Å². The first-order valence-corrected chi connectivity index (χ1v) is 12.2. The Labute approximate surface area is 197 Å². The van der Waals surface area contributed by atoms with Crippen LogP contribution >= 0.6 is 0 Å². The molecule has 0 amide bonds. The molecule has 4 heteroatoms. The van der Waals surface area contributed by atoms with E-state index in [9.17, 15) is 9.90 Å². The zero-order chi connectivity index (χ0) is 23.4. The van der Waals surface area contributed by atoms with Crippen LogP contribution in [0.3, 0.4) is 0 Å². The molecule has 0 heterocycles. The first-order valence-electron chi connectivity index (χ1n) is 12.2. The minimum atomic E-state index is -0.962. The summed E-state index contributed by atoms with van der Waals surface area (Å²) in [6, 6.07) is 6.23. The molecule has 2 fully saturated rings. The Morgan fingerprint density at radius 1 is 1.09 bits per heavy atom. The maximum atomic E-state index is 12.2. The number of aliphatic hydroxyl groups is 1. The van der Waals surface area contributed by atoms with Gasteiger partial charge >= 0.3 is 0 Å². The summed E-state index contributed by atoms with van der Waals surface area (Å²) in [7, 11) is 3.33. The van der Waals surface area contributed by atoms with Crippen LogP contribution in [0, 0.1) is 29.1 Å². The second-order valence-electron chi connectivity index (χ2n) is 10.4. The number of ether oxygens (including phenoxy) is 2. The molecule has 4 aliphatic carbocycles. The maximum absolute atomic E-state index is 12.2. The number of benzene rings is 1. The Bertz CT molecular complexity index is 1120. The van der Waals surface area contributed by atoms with Crippen LogP contribution in [0.15, 0.2) is 41.0 Å². The van der Waals surface area contributed by atoms with Gasteiger partial charge in [0.25, 0.3) is 0 Å². The summed E-state index contributed by atoms with van der Waals surface area (Å²) in [5.41, 5.74) is 4.10. The van der Waals surface area contributed by atoms with E-state index in [1.807, 2.05) is 19.1 Å². The van der Waals surface area contributed by atoms with Crippen LogP contribution in [0.4, 0.5) is 0 Å². The van der Waals surface area contributed by atoms with Gasteiger partial charge in [0.15, 0.2) is 17.3 Å². The lowest BCUT2D eigenvalue weighted by Gasteiger charge is -2.53. The van der Waals surface area contributed by atoms with E-state index in [2.05, 4.69) is 30.9 Å². The molecule has 0 saturated heterocycles. The van der Waals surface area contributed by atoms with Crippen molar-refractivity contribution in [2.75, 3.05) is 14.2 Å². The van der Waals surface area contributed by atoms with Gasteiger partial charge in [-0.3, -0.25) is 4.79 Å². The fraction of sp³-hybridized carbons (Fsp3) is 0.552. The molecule has 5 atom stereocenters. The lowest BCUT2D eigenvalue weighted by atomic mass is 9.51. The van der Waals surface area contributed by atoms with E-state index in [0.29, 0.717) is 18.3 Å². The van der Waals surface area contributed by atoms with Crippen LogP contribution in [0.2, 0.25) is 0 Å². The van der Waals surface area contributed by atoms with Crippen molar-refractivity contribution in [2.45, 2.75) is 70.3 Å². The topological polar surface area (TPSA) is 55.8 Å².